The molecule has 36 heavy (non-hydrogen) atoms. The molecule has 3 aliphatic carbocycles. The van der Waals surface area contributed by atoms with Gasteiger partial charge in [-0.05, 0) is 78.1 Å². The number of imide groups is 1. The summed E-state index contributed by atoms with van der Waals surface area (Å²) in [5, 5.41) is 0. The molecule has 1 aliphatic heterocycles. The summed E-state index contributed by atoms with van der Waals surface area (Å²) in [6.45, 7) is 4.01. The van der Waals surface area contributed by atoms with Crippen LogP contribution < -0.4 is 9.64 Å². The highest BCUT2D eigenvalue weighted by molar-refractivity contribution is 6.25. The van der Waals surface area contributed by atoms with Crippen LogP contribution >= 0.6 is 0 Å². The van der Waals surface area contributed by atoms with Gasteiger partial charge in [0.25, 0.3) is 0 Å². The number of ether oxygens (including phenoxy) is 1. The predicted octanol–water partition coefficient (Wildman–Crippen LogP) is 6.57. The minimum absolute atomic E-state index is 0.117. The zero-order valence-electron chi connectivity index (χ0n) is 20.1. The van der Waals surface area contributed by atoms with Crippen molar-refractivity contribution >= 4 is 17.5 Å². The van der Waals surface area contributed by atoms with Crippen molar-refractivity contribution in [3.8, 4) is 11.5 Å². The minimum atomic E-state index is -0.832. The zero-order valence-corrected chi connectivity index (χ0v) is 20.1. The third kappa shape index (κ3) is 2.70. The summed E-state index contributed by atoms with van der Waals surface area (Å²) in [7, 11) is 0. The number of anilines is 1. The van der Waals surface area contributed by atoms with Gasteiger partial charge in [0, 0.05) is 11.8 Å². The lowest BCUT2D eigenvalue weighted by molar-refractivity contribution is -0.128. The van der Waals surface area contributed by atoms with Crippen molar-refractivity contribution in [2.45, 2.75) is 25.7 Å². The molecule has 0 unspecified atom stereocenters. The Bertz CT molecular complexity index is 1510. The van der Waals surface area contributed by atoms with Crippen LogP contribution in [0.5, 0.6) is 11.5 Å². The van der Waals surface area contributed by atoms with Crippen molar-refractivity contribution in [3.05, 3.63) is 125 Å². The standard InChI is InChI=1S/C32H25NO3/c1-19-8-7-9-22(18-19)36-21-16-14-20(15-17-21)33-30(34)29-27-23-10-3-5-12-25(23)28(32(29,2)31(33)35)26-13-6-4-11-24(26)27/h3-18,27-29H,1-2H3/t27?,28?,29-,32+/m0/s1. The van der Waals surface area contributed by atoms with Gasteiger partial charge in [0.05, 0.1) is 17.0 Å². The van der Waals surface area contributed by atoms with Crippen LogP contribution in [0, 0.1) is 18.3 Å². The smallest absolute Gasteiger partial charge is 0.241 e. The summed E-state index contributed by atoms with van der Waals surface area (Å²) in [6.07, 6.45) is 0. The molecule has 4 heteroatoms. The number of hydrogen-bond donors (Lipinski definition) is 0. The average Bonchev–Trinajstić information content (AvgIpc) is 3.10. The van der Waals surface area contributed by atoms with E-state index in [9.17, 15) is 9.59 Å². The highest BCUT2D eigenvalue weighted by Gasteiger charge is 2.68. The maximum atomic E-state index is 14.2. The Morgan fingerprint density at radius 1 is 0.722 bits per heavy atom. The molecule has 1 fully saturated rings. The first-order valence-corrected chi connectivity index (χ1v) is 12.4. The Kier molecular flexibility index (Phi) is 4.35. The van der Waals surface area contributed by atoms with Crippen molar-refractivity contribution in [1.82, 2.24) is 0 Å². The largest absolute Gasteiger partial charge is 0.457 e. The third-order valence-electron chi connectivity index (χ3n) is 8.33. The monoisotopic (exact) mass is 471 g/mol. The molecule has 4 aromatic rings. The number of carbonyl (C=O) groups is 2. The van der Waals surface area contributed by atoms with Crippen molar-refractivity contribution in [2.75, 3.05) is 4.90 Å². The Morgan fingerprint density at radius 2 is 1.33 bits per heavy atom. The summed E-state index contributed by atoms with van der Waals surface area (Å²) < 4.78 is 5.99. The van der Waals surface area contributed by atoms with Crippen LogP contribution in [0.15, 0.2) is 97.1 Å². The quantitative estimate of drug-likeness (QED) is 0.317. The van der Waals surface area contributed by atoms with Gasteiger partial charge in [-0.3, -0.25) is 9.59 Å². The van der Waals surface area contributed by atoms with Gasteiger partial charge < -0.3 is 4.74 Å². The van der Waals surface area contributed by atoms with Gasteiger partial charge in [0.15, 0.2) is 0 Å². The lowest BCUT2D eigenvalue weighted by Gasteiger charge is -2.51. The van der Waals surface area contributed by atoms with E-state index in [0.29, 0.717) is 11.4 Å². The molecule has 4 nitrogen and oxygen atoms in total. The van der Waals surface area contributed by atoms with E-state index in [1.165, 1.54) is 27.2 Å². The molecule has 2 amide bonds. The van der Waals surface area contributed by atoms with E-state index >= 15 is 0 Å². The van der Waals surface area contributed by atoms with Crippen LogP contribution in [-0.2, 0) is 9.59 Å². The SMILES string of the molecule is Cc1cccc(Oc2ccc(N3C(=O)[C@@H]4C5c6ccccc6C(c6ccccc65)[C@@]4(C)C3=O)cc2)c1. The molecular formula is C32H25NO3. The summed E-state index contributed by atoms with van der Waals surface area (Å²) in [4.78, 5) is 29.6. The average molecular weight is 472 g/mol. The molecule has 0 aromatic heterocycles. The molecule has 0 N–H and O–H groups in total. The summed E-state index contributed by atoms with van der Waals surface area (Å²) in [6, 6.07) is 31.7. The molecule has 0 spiro atoms. The maximum absolute atomic E-state index is 14.2. The van der Waals surface area contributed by atoms with Crippen LogP contribution in [0.2, 0.25) is 0 Å². The summed E-state index contributed by atoms with van der Waals surface area (Å²) >= 11 is 0. The van der Waals surface area contributed by atoms with E-state index in [-0.39, 0.29) is 23.7 Å². The van der Waals surface area contributed by atoms with Gasteiger partial charge in [0.2, 0.25) is 11.8 Å². The van der Waals surface area contributed by atoms with Crippen molar-refractivity contribution < 1.29 is 14.3 Å². The second kappa shape index (κ2) is 7.41. The van der Waals surface area contributed by atoms with Gasteiger partial charge in [-0.15, -0.1) is 0 Å². The molecule has 1 saturated heterocycles. The van der Waals surface area contributed by atoms with Crippen molar-refractivity contribution in [3.63, 3.8) is 0 Å². The molecule has 176 valence electrons. The van der Waals surface area contributed by atoms with E-state index in [4.69, 9.17) is 4.74 Å². The number of aryl methyl sites for hydroxylation is 1. The lowest BCUT2D eigenvalue weighted by Crippen LogP contribution is -2.49. The van der Waals surface area contributed by atoms with E-state index in [0.717, 1.165) is 11.3 Å². The highest BCUT2D eigenvalue weighted by atomic mass is 16.5. The van der Waals surface area contributed by atoms with Gasteiger partial charge in [0.1, 0.15) is 11.5 Å². The van der Waals surface area contributed by atoms with E-state index in [1.54, 1.807) is 0 Å². The Morgan fingerprint density at radius 3 is 1.94 bits per heavy atom. The topological polar surface area (TPSA) is 46.6 Å². The Balaban J connectivity index is 1.29. The Hall–Kier alpha value is -4.18. The van der Waals surface area contributed by atoms with Crippen molar-refractivity contribution in [1.29, 1.82) is 0 Å². The molecule has 0 radical (unpaired) electrons. The summed E-state index contributed by atoms with van der Waals surface area (Å²) in [5.74, 6) is 0.470. The van der Waals surface area contributed by atoms with E-state index < -0.39 is 11.3 Å². The van der Waals surface area contributed by atoms with Crippen LogP contribution in [0.1, 0.15) is 46.6 Å². The van der Waals surface area contributed by atoms with E-state index in [1.807, 2.05) is 86.6 Å². The van der Waals surface area contributed by atoms with Crippen LogP contribution in [-0.4, -0.2) is 11.8 Å². The molecule has 2 bridgehead atoms. The number of amides is 2. The fourth-order valence-electron chi connectivity index (χ4n) is 6.84. The number of carbonyl (C=O) groups excluding carboxylic acids is 2. The fourth-order valence-corrected chi connectivity index (χ4v) is 6.84. The van der Waals surface area contributed by atoms with Crippen LogP contribution in [0.3, 0.4) is 0 Å². The number of nitrogens with zero attached hydrogens (tertiary/aromatic N) is 1. The van der Waals surface area contributed by atoms with Gasteiger partial charge in [-0.1, -0.05) is 60.7 Å². The molecule has 4 aromatic carbocycles. The van der Waals surface area contributed by atoms with Crippen molar-refractivity contribution in [2.24, 2.45) is 11.3 Å². The fraction of sp³-hybridized carbons (Fsp3) is 0.188. The third-order valence-corrected chi connectivity index (χ3v) is 8.33. The molecule has 8 rings (SSSR count). The van der Waals surface area contributed by atoms with E-state index in [2.05, 4.69) is 24.3 Å². The molecule has 0 saturated carbocycles. The van der Waals surface area contributed by atoms with Gasteiger partial charge >= 0.3 is 0 Å². The summed E-state index contributed by atoms with van der Waals surface area (Å²) in [5.41, 5.74) is 5.56. The lowest BCUT2D eigenvalue weighted by atomic mass is 9.48. The van der Waals surface area contributed by atoms with Gasteiger partial charge in [-0.2, -0.15) is 0 Å². The van der Waals surface area contributed by atoms with Crippen LogP contribution in [0.4, 0.5) is 5.69 Å². The number of benzene rings is 4. The normalized spacial score (nSPS) is 25.4. The van der Waals surface area contributed by atoms with Crippen LogP contribution in [0.25, 0.3) is 0 Å². The first kappa shape index (κ1) is 21.1. The first-order valence-electron chi connectivity index (χ1n) is 12.4. The number of hydrogen-bond acceptors (Lipinski definition) is 3. The second-order valence-corrected chi connectivity index (χ2v) is 10.3. The first-order chi connectivity index (χ1) is 17.5. The molecule has 2 atom stereocenters. The minimum Gasteiger partial charge on any atom is -0.457 e. The molecule has 1 heterocycles. The molecule has 4 aliphatic rings. The Labute approximate surface area is 210 Å². The second-order valence-electron chi connectivity index (χ2n) is 10.3. The highest BCUT2D eigenvalue weighted by Crippen LogP contribution is 2.67. The number of rotatable bonds is 3. The maximum Gasteiger partial charge on any atom is 0.241 e. The molecular weight excluding hydrogens is 446 g/mol. The van der Waals surface area contributed by atoms with Gasteiger partial charge in [-0.25, -0.2) is 4.90 Å². The predicted molar refractivity (Wildman–Crippen MR) is 138 cm³/mol. The zero-order chi connectivity index (χ0) is 24.6.